The Hall–Kier alpha value is -9.54. The van der Waals surface area contributed by atoms with Gasteiger partial charge in [0.2, 0.25) is 0 Å². The van der Waals surface area contributed by atoms with E-state index in [0.29, 0.717) is 0 Å². The van der Waals surface area contributed by atoms with Gasteiger partial charge in [0.25, 0.3) is 0 Å². The second-order valence-electron chi connectivity index (χ2n) is 20.0. The molecule has 0 saturated carbocycles. The molecule has 15 rings (SSSR count). The third-order valence-corrected chi connectivity index (χ3v) is 17.0. The van der Waals surface area contributed by atoms with E-state index < -0.39 is 5.41 Å². The first kappa shape index (κ1) is 44.0. The van der Waals surface area contributed by atoms with Crippen LogP contribution in [0.15, 0.2) is 291 Å². The first-order chi connectivity index (χ1) is 37.7. The molecule has 2 heterocycles. The third-order valence-electron chi connectivity index (χ3n) is 15.9. The van der Waals surface area contributed by atoms with Crippen molar-refractivity contribution in [1.29, 1.82) is 0 Å². The van der Waals surface area contributed by atoms with Gasteiger partial charge >= 0.3 is 0 Å². The molecule has 0 amide bonds. The predicted octanol–water partition coefficient (Wildman–Crippen LogP) is 20.0. The number of rotatable bonds is 8. The molecular formula is C73H48N2S. The minimum Gasteiger partial charge on any atom is -0.310 e. The number of nitrogens with zero attached hydrogens (tertiary/aromatic N) is 2. The van der Waals surface area contributed by atoms with E-state index in [4.69, 9.17) is 0 Å². The maximum Gasteiger partial charge on any atom is 0.0714 e. The lowest BCUT2D eigenvalue weighted by molar-refractivity contribution is 0.751. The largest absolute Gasteiger partial charge is 0.310 e. The molecule has 0 fully saturated rings. The Balaban J connectivity index is 0.903. The fourth-order valence-corrected chi connectivity index (χ4v) is 13.6. The van der Waals surface area contributed by atoms with Crippen molar-refractivity contribution in [3.63, 3.8) is 0 Å². The van der Waals surface area contributed by atoms with Gasteiger partial charge in [0, 0.05) is 53.7 Å². The van der Waals surface area contributed by atoms with Gasteiger partial charge in [-0.25, -0.2) is 0 Å². The van der Waals surface area contributed by atoms with E-state index in [2.05, 4.69) is 301 Å². The summed E-state index contributed by atoms with van der Waals surface area (Å²) in [5, 5.41) is 5.10. The Morgan fingerprint density at radius 1 is 0.289 bits per heavy atom. The zero-order chi connectivity index (χ0) is 50.2. The predicted molar refractivity (Wildman–Crippen MR) is 322 cm³/mol. The van der Waals surface area contributed by atoms with Crippen LogP contribution >= 0.6 is 11.3 Å². The molecule has 1 aliphatic rings. The molecule has 0 radical (unpaired) electrons. The molecule has 76 heavy (non-hydrogen) atoms. The summed E-state index contributed by atoms with van der Waals surface area (Å²) < 4.78 is 5.01. The molecule has 12 aromatic carbocycles. The van der Waals surface area contributed by atoms with Gasteiger partial charge in [0.15, 0.2) is 0 Å². The molecule has 0 aliphatic heterocycles. The van der Waals surface area contributed by atoms with Crippen molar-refractivity contribution < 1.29 is 0 Å². The third kappa shape index (κ3) is 6.94. The van der Waals surface area contributed by atoms with Crippen molar-refractivity contribution >= 4 is 70.4 Å². The van der Waals surface area contributed by atoms with Crippen molar-refractivity contribution in [2.45, 2.75) is 5.41 Å². The van der Waals surface area contributed by atoms with Gasteiger partial charge < -0.3 is 9.47 Å². The van der Waals surface area contributed by atoms with E-state index in [-0.39, 0.29) is 0 Å². The van der Waals surface area contributed by atoms with Crippen molar-refractivity contribution in [1.82, 2.24) is 4.57 Å². The van der Waals surface area contributed by atoms with Crippen LogP contribution in [0.25, 0.3) is 92.2 Å². The van der Waals surface area contributed by atoms with Gasteiger partial charge in [-0.1, -0.05) is 206 Å². The second-order valence-corrected chi connectivity index (χ2v) is 21.0. The minimum atomic E-state index is -0.671. The molecule has 2 aromatic heterocycles. The number of para-hydroxylation sites is 2. The molecule has 0 bridgehead atoms. The molecule has 2 nitrogen and oxygen atoms in total. The topological polar surface area (TPSA) is 8.17 Å². The Morgan fingerprint density at radius 3 is 1.45 bits per heavy atom. The maximum absolute atomic E-state index is 2.45. The summed E-state index contributed by atoms with van der Waals surface area (Å²) in [5.41, 5.74) is 20.8. The van der Waals surface area contributed by atoms with Gasteiger partial charge in [0.05, 0.1) is 16.4 Å². The summed E-state index contributed by atoms with van der Waals surface area (Å²) in [7, 11) is 0. The Morgan fingerprint density at radius 2 is 0.776 bits per heavy atom. The Bertz CT molecular complexity index is 4440. The van der Waals surface area contributed by atoms with Crippen LogP contribution in [0, 0.1) is 0 Å². The second kappa shape index (κ2) is 17.8. The van der Waals surface area contributed by atoms with Crippen molar-refractivity contribution in [3.8, 4) is 50.2 Å². The molecule has 14 aromatic rings. The molecule has 0 saturated heterocycles. The Kier molecular flexibility index (Phi) is 10.3. The standard InChI is InChI=1S/C73H48N2S/c1-3-18-53(19-4-1)73(67-30-13-9-26-61(67)59-24-7-8-25-60(59)62-27-10-14-31-68(62)73)54-20-17-23-58(48-54)74(57-42-36-50(37-43-57)52-39-45-72-66(47-52)64-29-12-16-33-71(64)76-72)56-40-34-49(35-41-56)51-38-44-70-65(46-51)63-28-11-15-32-69(63)75(70)55-21-5-2-6-22-55/h1-48H. The first-order valence-corrected chi connectivity index (χ1v) is 27.0. The quantitative estimate of drug-likeness (QED) is 0.147. The van der Waals surface area contributed by atoms with Crippen LogP contribution in [0.5, 0.6) is 0 Å². The highest BCUT2D eigenvalue weighted by Gasteiger charge is 2.44. The SMILES string of the molecule is c1ccc(-n2c3ccccc3c3cc(-c4ccc(N(c5ccc(-c6ccc7sc8ccccc8c7c6)cc5)c5cccc(C6(c7ccccc7)c7ccccc7-c7ccccc7-c7ccccc76)c5)cc4)ccc32)cc1. The number of thiophene rings is 1. The van der Waals surface area contributed by atoms with Gasteiger partial charge in [-0.05, 0) is 152 Å². The van der Waals surface area contributed by atoms with E-state index in [9.17, 15) is 0 Å². The van der Waals surface area contributed by atoms with E-state index in [1.165, 1.54) is 103 Å². The fraction of sp³-hybridized carbons (Fsp3) is 0.0137. The van der Waals surface area contributed by atoms with Crippen LogP contribution in [-0.4, -0.2) is 4.57 Å². The highest BCUT2D eigenvalue weighted by Crippen LogP contribution is 2.55. The lowest BCUT2D eigenvalue weighted by Crippen LogP contribution is -2.32. The zero-order valence-electron chi connectivity index (χ0n) is 41.5. The summed E-state index contributed by atoms with van der Waals surface area (Å²) >= 11 is 1.86. The summed E-state index contributed by atoms with van der Waals surface area (Å²) in [5.74, 6) is 0. The average Bonchev–Trinajstić information content (AvgIpc) is 4.04. The molecule has 1 aliphatic carbocycles. The van der Waals surface area contributed by atoms with Gasteiger partial charge in [-0.3, -0.25) is 0 Å². The number of hydrogen-bond donors (Lipinski definition) is 0. The summed E-state index contributed by atoms with van der Waals surface area (Å²) in [4.78, 5) is 2.44. The molecule has 3 heteroatoms. The summed E-state index contributed by atoms with van der Waals surface area (Å²) in [6.45, 7) is 0. The number of hydrogen-bond acceptors (Lipinski definition) is 2. The highest BCUT2D eigenvalue weighted by atomic mass is 32.1. The van der Waals surface area contributed by atoms with Crippen LogP contribution in [0.3, 0.4) is 0 Å². The van der Waals surface area contributed by atoms with Gasteiger partial charge in [0.1, 0.15) is 0 Å². The van der Waals surface area contributed by atoms with Gasteiger partial charge in [-0.2, -0.15) is 0 Å². The van der Waals surface area contributed by atoms with E-state index in [1.807, 2.05) is 11.3 Å². The molecule has 0 atom stereocenters. The maximum atomic E-state index is 2.45. The molecule has 0 N–H and O–H groups in total. The fourth-order valence-electron chi connectivity index (χ4n) is 12.5. The molecule has 0 spiro atoms. The minimum absolute atomic E-state index is 0.671. The number of fused-ring (bicyclic) bond motifs is 11. The number of benzene rings is 12. The van der Waals surface area contributed by atoms with Crippen molar-refractivity contribution in [2.75, 3.05) is 4.90 Å². The van der Waals surface area contributed by atoms with Crippen LogP contribution in [0.1, 0.15) is 22.3 Å². The highest BCUT2D eigenvalue weighted by molar-refractivity contribution is 7.25. The van der Waals surface area contributed by atoms with Gasteiger partial charge in [-0.15, -0.1) is 11.3 Å². The first-order valence-electron chi connectivity index (χ1n) is 26.1. The summed E-state index contributed by atoms with van der Waals surface area (Å²) in [6, 6.07) is 108. The van der Waals surface area contributed by atoms with Crippen LogP contribution in [-0.2, 0) is 5.41 Å². The van der Waals surface area contributed by atoms with Crippen molar-refractivity contribution in [3.05, 3.63) is 313 Å². The molecule has 0 unspecified atom stereocenters. The van der Waals surface area contributed by atoms with E-state index >= 15 is 0 Å². The van der Waals surface area contributed by atoms with Crippen LogP contribution in [0.2, 0.25) is 0 Å². The molecular weight excluding hydrogens is 937 g/mol. The van der Waals surface area contributed by atoms with Crippen molar-refractivity contribution in [2.24, 2.45) is 0 Å². The lowest BCUT2D eigenvalue weighted by Gasteiger charge is -2.39. The number of aromatic nitrogens is 1. The monoisotopic (exact) mass is 984 g/mol. The van der Waals surface area contributed by atoms with E-state index in [1.54, 1.807) is 0 Å². The normalized spacial score (nSPS) is 12.6. The smallest absolute Gasteiger partial charge is 0.0714 e. The van der Waals surface area contributed by atoms with E-state index in [0.717, 1.165) is 28.3 Å². The van der Waals surface area contributed by atoms with Crippen LogP contribution in [0.4, 0.5) is 17.1 Å². The average molecular weight is 985 g/mol. The number of anilines is 3. The van der Waals surface area contributed by atoms with Crippen LogP contribution < -0.4 is 4.90 Å². The summed E-state index contributed by atoms with van der Waals surface area (Å²) in [6.07, 6.45) is 0. The molecule has 356 valence electrons. The Labute approximate surface area is 446 Å². The zero-order valence-corrected chi connectivity index (χ0v) is 42.3. The lowest BCUT2D eigenvalue weighted by atomic mass is 9.63.